The van der Waals surface area contributed by atoms with E-state index in [2.05, 4.69) is 10.3 Å². The molecule has 152 valence electrons. The summed E-state index contributed by atoms with van der Waals surface area (Å²) in [5.41, 5.74) is 2.17. The highest BCUT2D eigenvalue weighted by Crippen LogP contribution is 2.30. The van der Waals surface area contributed by atoms with Gasteiger partial charge in [-0.2, -0.15) is 0 Å². The number of carbonyl (C=O) groups excluding carboxylic acids is 1. The highest BCUT2D eigenvalue weighted by molar-refractivity contribution is 7.16. The van der Waals surface area contributed by atoms with Crippen LogP contribution in [-0.4, -0.2) is 15.3 Å². The first-order valence-electron chi connectivity index (χ1n) is 10.0. The number of nitrogens with zero attached hydrogens (tertiary/aromatic N) is 2. The third-order valence-corrected chi connectivity index (χ3v) is 6.18. The Morgan fingerprint density at radius 1 is 1.24 bits per heavy atom. The number of hydrogen-bond donors (Lipinski definition) is 1. The molecule has 1 aliphatic carbocycles. The Labute approximate surface area is 173 Å². The molecule has 7 heteroatoms. The van der Waals surface area contributed by atoms with Crippen molar-refractivity contribution in [3.8, 4) is 5.75 Å². The van der Waals surface area contributed by atoms with E-state index in [1.165, 1.54) is 23.8 Å². The number of fused-ring (bicyclic) bond motifs is 1. The van der Waals surface area contributed by atoms with E-state index in [4.69, 9.17) is 4.74 Å². The molecule has 0 saturated heterocycles. The molecule has 1 amide bonds. The van der Waals surface area contributed by atoms with Crippen LogP contribution in [0.4, 0.5) is 5.69 Å². The average Bonchev–Trinajstić information content (AvgIpc) is 3.09. The van der Waals surface area contributed by atoms with Crippen LogP contribution in [0.15, 0.2) is 35.3 Å². The molecular formula is C22H25N3O3S. The van der Waals surface area contributed by atoms with E-state index in [0.29, 0.717) is 22.1 Å². The van der Waals surface area contributed by atoms with Crippen molar-refractivity contribution in [1.29, 1.82) is 0 Å². The lowest BCUT2D eigenvalue weighted by atomic mass is 9.88. The molecule has 2 aromatic heterocycles. The summed E-state index contributed by atoms with van der Waals surface area (Å²) in [7, 11) is 0. The molecule has 1 N–H and O–H groups in total. The molecule has 3 aromatic rings. The summed E-state index contributed by atoms with van der Waals surface area (Å²) >= 11 is 1.47. The maximum atomic E-state index is 12.7. The lowest BCUT2D eigenvalue weighted by molar-refractivity contribution is -0.120. The van der Waals surface area contributed by atoms with Crippen LogP contribution < -0.4 is 15.6 Å². The zero-order valence-corrected chi connectivity index (χ0v) is 17.6. The number of ether oxygens (including phenoxy) is 1. The monoisotopic (exact) mass is 411 g/mol. The van der Waals surface area contributed by atoms with E-state index >= 15 is 0 Å². The first-order chi connectivity index (χ1) is 14.0. The number of rotatable bonds is 5. The SMILES string of the molecule is Cc1ccc(OCc2cc(=O)n3cc(C)sc3n2)c(NC(=O)C2CCCCC2)c1. The highest BCUT2D eigenvalue weighted by atomic mass is 32.1. The van der Waals surface area contributed by atoms with Gasteiger partial charge in [-0.1, -0.05) is 25.3 Å². The quantitative estimate of drug-likeness (QED) is 0.672. The fourth-order valence-corrected chi connectivity index (χ4v) is 4.60. The van der Waals surface area contributed by atoms with Crippen molar-refractivity contribution in [2.24, 2.45) is 5.92 Å². The van der Waals surface area contributed by atoms with Crippen molar-refractivity contribution in [3.63, 3.8) is 0 Å². The van der Waals surface area contributed by atoms with Crippen molar-refractivity contribution < 1.29 is 9.53 Å². The van der Waals surface area contributed by atoms with Crippen LogP contribution in [-0.2, 0) is 11.4 Å². The summed E-state index contributed by atoms with van der Waals surface area (Å²) in [6.45, 7) is 4.09. The number of thiazole rings is 1. The third kappa shape index (κ3) is 4.50. The van der Waals surface area contributed by atoms with E-state index in [-0.39, 0.29) is 24.0 Å². The predicted molar refractivity (Wildman–Crippen MR) is 115 cm³/mol. The van der Waals surface area contributed by atoms with Crippen LogP contribution in [0.25, 0.3) is 4.96 Å². The number of carbonyl (C=O) groups is 1. The molecule has 0 radical (unpaired) electrons. The first-order valence-corrected chi connectivity index (χ1v) is 10.8. The number of aryl methyl sites for hydroxylation is 2. The number of hydrogen-bond acceptors (Lipinski definition) is 5. The number of nitrogens with one attached hydrogen (secondary N) is 1. The van der Waals surface area contributed by atoms with Gasteiger partial charge in [0, 0.05) is 23.1 Å². The molecule has 0 aliphatic heterocycles. The molecule has 2 heterocycles. The van der Waals surface area contributed by atoms with Gasteiger partial charge in [0.15, 0.2) is 4.96 Å². The Kier molecular flexibility index (Phi) is 5.67. The zero-order valence-electron chi connectivity index (χ0n) is 16.7. The van der Waals surface area contributed by atoms with E-state index in [1.807, 2.05) is 32.0 Å². The highest BCUT2D eigenvalue weighted by Gasteiger charge is 2.22. The number of anilines is 1. The van der Waals surface area contributed by atoms with E-state index < -0.39 is 0 Å². The summed E-state index contributed by atoms with van der Waals surface area (Å²) in [6.07, 6.45) is 7.12. The van der Waals surface area contributed by atoms with Crippen molar-refractivity contribution in [2.75, 3.05) is 5.32 Å². The Bertz CT molecular complexity index is 1100. The van der Waals surface area contributed by atoms with Crippen LogP contribution >= 0.6 is 11.3 Å². The van der Waals surface area contributed by atoms with Crippen molar-refractivity contribution in [3.05, 3.63) is 57.0 Å². The minimum absolute atomic E-state index is 0.0620. The molecule has 4 rings (SSSR count). The van der Waals surface area contributed by atoms with Crippen LogP contribution in [0.1, 0.15) is 48.2 Å². The van der Waals surface area contributed by atoms with Gasteiger partial charge in [-0.05, 0) is 44.4 Å². The summed E-state index contributed by atoms with van der Waals surface area (Å²) in [5.74, 6) is 0.722. The van der Waals surface area contributed by atoms with Crippen molar-refractivity contribution >= 4 is 27.9 Å². The normalized spacial score (nSPS) is 14.8. The predicted octanol–water partition coefficient (Wildman–Crippen LogP) is 4.47. The van der Waals surface area contributed by atoms with E-state index in [0.717, 1.165) is 36.1 Å². The summed E-state index contributed by atoms with van der Waals surface area (Å²) in [4.78, 5) is 31.2. The van der Waals surface area contributed by atoms with Crippen LogP contribution in [0.2, 0.25) is 0 Å². The van der Waals surface area contributed by atoms with Crippen molar-refractivity contribution in [2.45, 2.75) is 52.6 Å². The van der Waals surface area contributed by atoms with Gasteiger partial charge in [0.1, 0.15) is 12.4 Å². The van der Waals surface area contributed by atoms with Gasteiger partial charge < -0.3 is 10.1 Å². The molecule has 6 nitrogen and oxygen atoms in total. The molecule has 0 unspecified atom stereocenters. The van der Waals surface area contributed by atoms with Crippen LogP contribution in [0.3, 0.4) is 0 Å². The number of benzene rings is 1. The average molecular weight is 412 g/mol. The molecule has 1 aliphatic rings. The van der Waals surface area contributed by atoms with Gasteiger partial charge in [0.05, 0.1) is 11.4 Å². The Morgan fingerprint density at radius 3 is 2.83 bits per heavy atom. The third-order valence-electron chi connectivity index (χ3n) is 5.28. The summed E-state index contributed by atoms with van der Waals surface area (Å²) in [5, 5.41) is 3.05. The summed E-state index contributed by atoms with van der Waals surface area (Å²) in [6, 6.07) is 7.21. The van der Waals surface area contributed by atoms with Crippen molar-refractivity contribution in [1.82, 2.24) is 9.38 Å². The van der Waals surface area contributed by atoms with Gasteiger partial charge >= 0.3 is 0 Å². The summed E-state index contributed by atoms with van der Waals surface area (Å²) < 4.78 is 7.50. The number of amides is 1. The molecule has 0 spiro atoms. The van der Waals surface area contributed by atoms with Gasteiger partial charge in [-0.25, -0.2) is 4.98 Å². The maximum absolute atomic E-state index is 12.7. The lowest BCUT2D eigenvalue weighted by Crippen LogP contribution is -2.25. The van der Waals surface area contributed by atoms with Gasteiger partial charge in [-0.3, -0.25) is 14.0 Å². The maximum Gasteiger partial charge on any atom is 0.258 e. The fraction of sp³-hybridized carbons (Fsp3) is 0.409. The second-order valence-corrected chi connectivity index (χ2v) is 8.91. The van der Waals surface area contributed by atoms with Gasteiger partial charge in [-0.15, -0.1) is 11.3 Å². The molecule has 1 aromatic carbocycles. The molecule has 0 bridgehead atoms. The minimum Gasteiger partial charge on any atom is -0.485 e. The second kappa shape index (κ2) is 8.37. The molecule has 1 saturated carbocycles. The van der Waals surface area contributed by atoms with Gasteiger partial charge in [0.2, 0.25) is 5.91 Å². The topological polar surface area (TPSA) is 72.7 Å². The van der Waals surface area contributed by atoms with E-state index in [1.54, 1.807) is 10.6 Å². The lowest BCUT2D eigenvalue weighted by Gasteiger charge is -2.21. The smallest absolute Gasteiger partial charge is 0.258 e. The Balaban J connectivity index is 1.51. The second-order valence-electron chi connectivity index (χ2n) is 7.69. The zero-order chi connectivity index (χ0) is 20.4. The molecule has 29 heavy (non-hydrogen) atoms. The minimum atomic E-state index is -0.118. The molecule has 1 fully saturated rings. The molecule has 0 atom stereocenters. The Hall–Kier alpha value is -2.67. The van der Waals surface area contributed by atoms with Crippen LogP contribution in [0.5, 0.6) is 5.75 Å². The molecular weight excluding hydrogens is 386 g/mol. The van der Waals surface area contributed by atoms with E-state index in [9.17, 15) is 9.59 Å². The number of aromatic nitrogens is 2. The Morgan fingerprint density at radius 2 is 2.03 bits per heavy atom. The first kappa shape index (κ1) is 19.6. The fourth-order valence-electron chi connectivity index (χ4n) is 3.75. The van der Waals surface area contributed by atoms with Gasteiger partial charge in [0.25, 0.3) is 5.56 Å². The standard InChI is InChI=1S/C22H25N3O3S/c1-14-8-9-19(18(10-14)24-21(27)16-6-4-3-5-7-16)28-13-17-11-20(26)25-12-15(2)29-22(25)23-17/h8-12,16H,3-7,13H2,1-2H3,(H,24,27). The largest absolute Gasteiger partial charge is 0.485 e. The van der Waals surface area contributed by atoms with Crippen LogP contribution in [0, 0.1) is 19.8 Å².